The number of halogens is 1. The highest BCUT2D eigenvalue weighted by Gasteiger charge is 2.38. The molecular weight excluding hydrogens is 545 g/mol. The van der Waals surface area contributed by atoms with Gasteiger partial charge in [0.15, 0.2) is 0 Å². The van der Waals surface area contributed by atoms with Crippen LogP contribution in [0.25, 0.3) is 0 Å². The van der Waals surface area contributed by atoms with E-state index < -0.39 is 20.8 Å². The van der Waals surface area contributed by atoms with E-state index >= 15 is 0 Å². The Morgan fingerprint density at radius 3 is 2.41 bits per heavy atom. The highest BCUT2D eigenvalue weighted by molar-refractivity contribution is 7.92. The van der Waals surface area contributed by atoms with Gasteiger partial charge in [0.1, 0.15) is 18.2 Å². The fourth-order valence-corrected chi connectivity index (χ4v) is 6.55. The lowest BCUT2D eigenvalue weighted by atomic mass is 9.77. The summed E-state index contributed by atoms with van der Waals surface area (Å²) in [7, 11) is -3.86. The number of fused-ring (bicyclic) bond motifs is 3. The molecule has 41 heavy (non-hydrogen) atoms. The molecule has 0 saturated carbocycles. The van der Waals surface area contributed by atoms with Crippen LogP contribution in [-0.4, -0.2) is 13.3 Å². The largest absolute Gasteiger partial charge is 0.489 e. The van der Waals surface area contributed by atoms with Gasteiger partial charge in [0.05, 0.1) is 15.9 Å². The first-order chi connectivity index (χ1) is 19.8. The van der Waals surface area contributed by atoms with E-state index in [4.69, 9.17) is 4.74 Å². The standard InChI is InChI=1S/C31H26FN3O5S/c32-22-8-10-23(11-9-22)34-41(38,39)26-16-17-30-29(18-26)27-2-1-3-28(27)31(33-30)21-6-14-25(15-7-21)40-19-20-4-12-24(13-5-20)35(36)37/h1-2,4-18,27-28,31,33-34H,3,19H2/t27-,28+,31+/m0/s1. The van der Waals surface area contributed by atoms with E-state index in [1.165, 1.54) is 36.4 Å². The summed E-state index contributed by atoms with van der Waals surface area (Å²) in [5, 5.41) is 14.5. The summed E-state index contributed by atoms with van der Waals surface area (Å²) in [5.74, 6) is 0.506. The molecule has 0 bridgehead atoms. The number of ether oxygens (including phenoxy) is 1. The van der Waals surface area contributed by atoms with Gasteiger partial charge in [-0.05, 0) is 95.8 Å². The van der Waals surface area contributed by atoms with Crippen molar-refractivity contribution in [2.75, 3.05) is 10.0 Å². The number of hydrogen-bond donors (Lipinski definition) is 2. The van der Waals surface area contributed by atoms with E-state index in [2.05, 4.69) is 22.2 Å². The molecule has 4 aromatic rings. The van der Waals surface area contributed by atoms with Crippen molar-refractivity contribution < 1.29 is 22.5 Å². The molecule has 10 heteroatoms. The van der Waals surface area contributed by atoms with Crippen LogP contribution in [0.1, 0.15) is 35.1 Å². The van der Waals surface area contributed by atoms with E-state index in [1.807, 2.05) is 24.3 Å². The van der Waals surface area contributed by atoms with Crippen molar-refractivity contribution in [3.8, 4) is 5.75 Å². The Hall–Kier alpha value is -4.70. The lowest BCUT2D eigenvalue weighted by molar-refractivity contribution is -0.384. The number of non-ortho nitro benzene ring substituents is 1. The number of nitrogens with zero attached hydrogens (tertiary/aromatic N) is 1. The molecule has 8 nitrogen and oxygen atoms in total. The topological polar surface area (TPSA) is 111 Å². The minimum atomic E-state index is -3.86. The number of nitro groups is 1. The molecule has 0 aromatic heterocycles. The minimum Gasteiger partial charge on any atom is -0.489 e. The molecule has 0 saturated heterocycles. The Kier molecular flexibility index (Phi) is 6.92. The summed E-state index contributed by atoms with van der Waals surface area (Å²) in [4.78, 5) is 10.6. The average Bonchev–Trinajstić information content (AvgIpc) is 3.48. The zero-order valence-electron chi connectivity index (χ0n) is 21.7. The smallest absolute Gasteiger partial charge is 0.269 e. The van der Waals surface area contributed by atoms with Crippen LogP contribution in [0.15, 0.2) is 108 Å². The van der Waals surface area contributed by atoms with Gasteiger partial charge in [0.25, 0.3) is 15.7 Å². The quantitative estimate of drug-likeness (QED) is 0.135. The van der Waals surface area contributed by atoms with Gasteiger partial charge in [-0.2, -0.15) is 0 Å². The van der Waals surface area contributed by atoms with Gasteiger partial charge in [0, 0.05) is 29.4 Å². The molecule has 1 aliphatic heterocycles. The molecule has 208 valence electrons. The van der Waals surface area contributed by atoms with E-state index in [0.717, 1.165) is 28.8 Å². The number of sulfonamides is 1. The summed E-state index contributed by atoms with van der Waals surface area (Å²) in [5.41, 5.74) is 4.05. The first kappa shape index (κ1) is 26.5. The average molecular weight is 572 g/mol. The maximum Gasteiger partial charge on any atom is 0.269 e. The zero-order valence-corrected chi connectivity index (χ0v) is 22.6. The van der Waals surface area contributed by atoms with Crippen molar-refractivity contribution in [2.24, 2.45) is 5.92 Å². The summed E-state index contributed by atoms with van der Waals surface area (Å²) < 4.78 is 47.8. The monoisotopic (exact) mass is 571 g/mol. The van der Waals surface area contributed by atoms with Crippen molar-refractivity contribution in [2.45, 2.75) is 29.9 Å². The van der Waals surface area contributed by atoms with Crippen LogP contribution in [0.5, 0.6) is 5.75 Å². The zero-order chi connectivity index (χ0) is 28.6. The highest BCUT2D eigenvalue weighted by Crippen LogP contribution is 2.50. The number of benzene rings is 4. The molecule has 0 spiro atoms. The third kappa shape index (κ3) is 5.51. The van der Waals surface area contributed by atoms with Gasteiger partial charge in [-0.3, -0.25) is 14.8 Å². The van der Waals surface area contributed by atoms with Gasteiger partial charge < -0.3 is 10.1 Å². The van der Waals surface area contributed by atoms with Crippen molar-refractivity contribution in [1.82, 2.24) is 0 Å². The summed E-state index contributed by atoms with van der Waals surface area (Å²) in [6.45, 7) is 0.294. The van der Waals surface area contributed by atoms with Crippen molar-refractivity contribution in [3.05, 3.63) is 136 Å². The molecule has 6 rings (SSSR count). The molecule has 0 fully saturated rings. The van der Waals surface area contributed by atoms with E-state index in [-0.39, 0.29) is 28.5 Å². The second-order valence-electron chi connectivity index (χ2n) is 10.1. The van der Waals surface area contributed by atoms with Gasteiger partial charge in [0.2, 0.25) is 0 Å². The van der Waals surface area contributed by atoms with Crippen molar-refractivity contribution >= 4 is 27.1 Å². The van der Waals surface area contributed by atoms with Crippen LogP contribution in [0.4, 0.5) is 21.5 Å². The second kappa shape index (κ2) is 10.7. The molecule has 2 N–H and O–H groups in total. The number of nitro benzene ring substituents is 1. The summed E-state index contributed by atoms with van der Waals surface area (Å²) >= 11 is 0. The summed E-state index contributed by atoms with van der Waals surface area (Å²) in [6, 6.07) is 24.4. The van der Waals surface area contributed by atoms with Crippen LogP contribution < -0.4 is 14.8 Å². The first-order valence-electron chi connectivity index (χ1n) is 13.1. The minimum absolute atomic E-state index is 0.0195. The maximum absolute atomic E-state index is 13.2. The number of hydrogen-bond acceptors (Lipinski definition) is 6. The molecule has 4 aromatic carbocycles. The van der Waals surface area contributed by atoms with Crippen LogP contribution in [0.3, 0.4) is 0 Å². The fraction of sp³-hybridized carbons (Fsp3) is 0.161. The number of nitrogens with one attached hydrogen (secondary N) is 2. The first-order valence-corrected chi connectivity index (χ1v) is 14.6. The molecule has 0 radical (unpaired) electrons. The lowest BCUT2D eigenvalue weighted by Gasteiger charge is -2.37. The Labute approximate surface area is 236 Å². The Morgan fingerprint density at radius 2 is 1.71 bits per heavy atom. The van der Waals surface area contributed by atoms with E-state index in [9.17, 15) is 22.9 Å². The third-order valence-electron chi connectivity index (χ3n) is 7.53. The Balaban J connectivity index is 1.17. The SMILES string of the molecule is O=[N+]([O-])c1ccc(COc2ccc([C@H]3Nc4ccc(S(=O)(=O)Nc5ccc(F)cc5)cc4[C@H]4C=CC[C@H]43)cc2)cc1. The summed E-state index contributed by atoms with van der Waals surface area (Å²) in [6.07, 6.45) is 5.13. The number of rotatable bonds is 8. The second-order valence-corrected chi connectivity index (χ2v) is 11.8. The van der Waals surface area contributed by atoms with Crippen LogP contribution in [0.2, 0.25) is 0 Å². The van der Waals surface area contributed by atoms with E-state index in [0.29, 0.717) is 18.0 Å². The Bertz CT molecular complexity index is 1720. The van der Waals surface area contributed by atoms with Crippen molar-refractivity contribution in [3.63, 3.8) is 0 Å². The molecule has 0 unspecified atom stereocenters. The maximum atomic E-state index is 13.2. The molecule has 1 heterocycles. The highest BCUT2D eigenvalue weighted by atomic mass is 32.2. The van der Waals surface area contributed by atoms with E-state index in [1.54, 1.807) is 30.3 Å². The number of allylic oxidation sites excluding steroid dienone is 2. The van der Waals surface area contributed by atoms with Gasteiger partial charge in [-0.15, -0.1) is 0 Å². The predicted molar refractivity (Wildman–Crippen MR) is 154 cm³/mol. The van der Waals surface area contributed by atoms with Gasteiger partial charge >= 0.3 is 0 Å². The van der Waals surface area contributed by atoms with Crippen LogP contribution in [-0.2, 0) is 16.6 Å². The normalized spacial score (nSPS) is 19.1. The third-order valence-corrected chi connectivity index (χ3v) is 8.91. The Morgan fingerprint density at radius 1 is 0.976 bits per heavy atom. The van der Waals surface area contributed by atoms with Crippen LogP contribution in [0, 0.1) is 21.8 Å². The molecule has 3 atom stereocenters. The van der Waals surface area contributed by atoms with Crippen LogP contribution >= 0.6 is 0 Å². The molecular formula is C31H26FN3O5S. The number of anilines is 2. The fourth-order valence-electron chi connectivity index (χ4n) is 5.45. The molecule has 2 aliphatic rings. The van der Waals surface area contributed by atoms with Gasteiger partial charge in [-0.25, -0.2) is 12.8 Å². The van der Waals surface area contributed by atoms with Crippen molar-refractivity contribution in [1.29, 1.82) is 0 Å². The predicted octanol–water partition coefficient (Wildman–Crippen LogP) is 6.94. The lowest BCUT2D eigenvalue weighted by Crippen LogP contribution is -2.29. The van der Waals surface area contributed by atoms with Gasteiger partial charge in [-0.1, -0.05) is 24.3 Å². The molecule has 0 amide bonds. The molecule has 1 aliphatic carbocycles.